The first kappa shape index (κ1) is 22.9. The normalized spacial score (nSPS) is 14.7. The average molecular weight is 490 g/mol. The van der Waals surface area contributed by atoms with Crippen LogP contribution in [0.5, 0.6) is 5.75 Å². The molecule has 0 aliphatic carbocycles. The summed E-state index contributed by atoms with van der Waals surface area (Å²) in [4.78, 5) is 22.1. The number of nitrogens with one attached hydrogen (secondary N) is 1. The van der Waals surface area contributed by atoms with Crippen LogP contribution in [0.25, 0.3) is 22.2 Å². The number of rotatable bonds is 5. The number of hydrogen-bond donors (Lipinski definition) is 1. The van der Waals surface area contributed by atoms with Crippen molar-refractivity contribution in [3.63, 3.8) is 0 Å². The molecule has 1 aliphatic rings. The lowest BCUT2D eigenvalue weighted by atomic mass is 10.1. The maximum absolute atomic E-state index is 12.8. The minimum atomic E-state index is -3.49. The van der Waals surface area contributed by atoms with Crippen molar-refractivity contribution in [3.8, 4) is 17.0 Å². The molecule has 2 aromatic heterocycles. The van der Waals surface area contributed by atoms with E-state index in [1.54, 1.807) is 25.4 Å². The Morgan fingerprint density at radius 3 is 2.86 bits per heavy atom. The predicted molar refractivity (Wildman–Crippen MR) is 131 cm³/mol. The lowest BCUT2D eigenvalue weighted by Crippen LogP contribution is -2.23. The van der Waals surface area contributed by atoms with Gasteiger partial charge in [-0.15, -0.1) is 0 Å². The molecule has 4 aromatic rings. The Morgan fingerprint density at radius 1 is 1.11 bits per heavy atom. The molecular formula is C26H23N3O5S. The maximum Gasteiger partial charge on any atom is 0.251 e. The van der Waals surface area contributed by atoms with Gasteiger partial charge in [-0.3, -0.25) is 9.78 Å². The van der Waals surface area contributed by atoms with E-state index >= 15 is 0 Å². The molecule has 8 nitrogen and oxygen atoms in total. The van der Waals surface area contributed by atoms with Crippen LogP contribution in [0, 0.1) is 0 Å². The van der Waals surface area contributed by atoms with Gasteiger partial charge in [-0.1, -0.05) is 18.2 Å². The number of benzene rings is 2. The van der Waals surface area contributed by atoms with Gasteiger partial charge in [-0.25, -0.2) is 13.4 Å². The number of carbonyl (C=O) groups excluding carboxylic acids is 1. The Labute approximate surface area is 202 Å². The quantitative estimate of drug-likeness (QED) is 0.457. The van der Waals surface area contributed by atoms with Crippen LogP contribution in [0.2, 0.25) is 0 Å². The van der Waals surface area contributed by atoms with Crippen LogP contribution in [0.15, 0.2) is 71.8 Å². The highest BCUT2D eigenvalue weighted by Gasteiger charge is 2.23. The van der Waals surface area contributed by atoms with Crippen molar-refractivity contribution in [2.45, 2.75) is 18.0 Å². The third-order valence-electron chi connectivity index (χ3n) is 5.84. The van der Waals surface area contributed by atoms with Crippen LogP contribution in [-0.4, -0.2) is 43.8 Å². The molecule has 35 heavy (non-hydrogen) atoms. The second-order valence-corrected chi connectivity index (χ2v) is 10.3. The van der Waals surface area contributed by atoms with E-state index in [2.05, 4.69) is 10.3 Å². The zero-order chi connectivity index (χ0) is 24.4. The summed E-state index contributed by atoms with van der Waals surface area (Å²) in [6.45, 7) is 0.523. The number of nitrogens with zero attached hydrogens (tertiary/aromatic N) is 2. The Hall–Kier alpha value is -3.82. The third-order valence-corrected chi connectivity index (χ3v) is 7.60. The van der Waals surface area contributed by atoms with E-state index in [1.165, 1.54) is 6.07 Å². The lowest BCUT2D eigenvalue weighted by Gasteiger charge is -2.10. The first-order valence-corrected chi connectivity index (χ1v) is 12.7. The first-order chi connectivity index (χ1) is 16.9. The molecular weight excluding hydrogens is 466 g/mol. The van der Waals surface area contributed by atoms with Crippen LogP contribution in [0.3, 0.4) is 0 Å². The summed E-state index contributed by atoms with van der Waals surface area (Å²) >= 11 is 0. The molecule has 9 heteroatoms. The monoisotopic (exact) mass is 489 g/mol. The number of hydrogen-bond acceptors (Lipinski definition) is 7. The van der Waals surface area contributed by atoms with Crippen LogP contribution in [-0.2, 0) is 27.7 Å². The van der Waals surface area contributed by atoms with Gasteiger partial charge in [0.05, 0.1) is 54.4 Å². The Morgan fingerprint density at radius 2 is 2.00 bits per heavy atom. The Balaban J connectivity index is 1.35. The van der Waals surface area contributed by atoms with Crippen molar-refractivity contribution in [1.29, 1.82) is 0 Å². The van der Waals surface area contributed by atoms with E-state index in [-0.39, 0.29) is 41.9 Å². The molecule has 0 bridgehead atoms. The molecule has 0 radical (unpaired) electrons. The number of amides is 1. The molecule has 0 unspecified atom stereocenters. The SMILES string of the molecule is COc1cccc(-c2ccc3cnc(CNC(=O)c4ccc5c(c4)S(=O)(=O)CCOC5)cc3n2)c1. The van der Waals surface area contributed by atoms with Crippen molar-refractivity contribution in [2.24, 2.45) is 0 Å². The smallest absolute Gasteiger partial charge is 0.251 e. The fourth-order valence-corrected chi connectivity index (χ4v) is 5.33. The highest BCUT2D eigenvalue weighted by molar-refractivity contribution is 7.91. The Kier molecular flexibility index (Phi) is 6.19. The number of sulfone groups is 1. The van der Waals surface area contributed by atoms with E-state index in [0.717, 1.165) is 27.9 Å². The third kappa shape index (κ3) is 4.87. The van der Waals surface area contributed by atoms with E-state index in [4.69, 9.17) is 14.5 Å². The summed E-state index contributed by atoms with van der Waals surface area (Å²) in [5.41, 5.74) is 3.95. The minimum absolute atomic E-state index is 0.100. The maximum atomic E-state index is 12.8. The molecule has 0 saturated heterocycles. The fourth-order valence-electron chi connectivity index (χ4n) is 3.94. The summed E-state index contributed by atoms with van der Waals surface area (Å²) in [7, 11) is -1.87. The molecule has 3 heterocycles. The van der Waals surface area contributed by atoms with Crippen LogP contribution < -0.4 is 10.1 Å². The number of fused-ring (bicyclic) bond motifs is 2. The number of pyridine rings is 2. The van der Waals surface area contributed by atoms with Crippen LogP contribution in [0.4, 0.5) is 0 Å². The molecule has 178 valence electrons. The first-order valence-electron chi connectivity index (χ1n) is 11.0. The van der Waals surface area contributed by atoms with E-state index in [1.807, 2.05) is 42.5 Å². The fraction of sp³-hybridized carbons (Fsp3) is 0.192. The summed E-state index contributed by atoms with van der Waals surface area (Å²) in [6, 6.07) is 18.0. The highest BCUT2D eigenvalue weighted by atomic mass is 32.2. The van der Waals surface area contributed by atoms with Gasteiger partial charge in [-0.2, -0.15) is 0 Å². The van der Waals surface area contributed by atoms with Crippen molar-refractivity contribution < 1.29 is 22.7 Å². The van der Waals surface area contributed by atoms with Gasteiger partial charge in [0.25, 0.3) is 5.91 Å². The van der Waals surface area contributed by atoms with Crippen LogP contribution >= 0.6 is 0 Å². The van der Waals surface area contributed by atoms with Gasteiger partial charge in [-0.05, 0) is 48.0 Å². The number of aromatic nitrogens is 2. The molecule has 0 fully saturated rings. The van der Waals surface area contributed by atoms with Gasteiger partial charge >= 0.3 is 0 Å². The standard InChI is InChI=1S/C26H23N3O5S/c1-33-22-4-2-3-17(11-22)23-8-7-19-14-27-21(13-24(19)29-23)15-28-26(30)18-5-6-20-16-34-9-10-35(31,32)25(20)12-18/h2-8,11-14H,9-10,15-16H2,1H3,(H,28,30). The molecule has 1 aliphatic heterocycles. The molecule has 1 amide bonds. The van der Waals surface area contributed by atoms with Gasteiger partial charge < -0.3 is 14.8 Å². The summed E-state index contributed by atoms with van der Waals surface area (Å²) in [5, 5.41) is 3.70. The van der Waals surface area contributed by atoms with E-state index in [9.17, 15) is 13.2 Å². The van der Waals surface area contributed by atoms with Crippen molar-refractivity contribution in [2.75, 3.05) is 19.5 Å². The van der Waals surface area contributed by atoms with Gasteiger partial charge in [0.1, 0.15) is 5.75 Å². The van der Waals surface area contributed by atoms with Gasteiger partial charge in [0.15, 0.2) is 9.84 Å². The number of methoxy groups -OCH3 is 1. The molecule has 2 aromatic carbocycles. The second-order valence-electron chi connectivity index (χ2n) is 8.17. The summed E-state index contributed by atoms with van der Waals surface area (Å²) in [6.07, 6.45) is 1.72. The average Bonchev–Trinajstić information content (AvgIpc) is 3.04. The molecule has 0 spiro atoms. The van der Waals surface area contributed by atoms with Crippen molar-refractivity contribution in [1.82, 2.24) is 15.3 Å². The Bertz CT molecular complexity index is 1540. The minimum Gasteiger partial charge on any atom is -0.497 e. The largest absolute Gasteiger partial charge is 0.497 e. The van der Waals surface area contributed by atoms with E-state index in [0.29, 0.717) is 11.3 Å². The number of ether oxygens (including phenoxy) is 2. The zero-order valence-electron chi connectivity index (χ0n) is 19.0. The molecule has 0 saturated carbocycles. The predicted octanol–water partition coefficient (Wildman–Crippen LogP) is 3.54. The number of carbonyl (C=O) groups is 1. The van der Waals surface area contributed by atoms with Crippen LogP contribution in [0.1, 0.15) is 21.6 Å². The van der Waals surface area contributed by atoms with Gasteiger partial charge in [0.2, 0.25) is 0 Å². The van der Waals surface area contributed by atoms with Crippen molar-refractivity contribution in [3.05, 3.63) is 83.7 Å². The highest BCUT2D eigenvalue weighted by Crippen LogP contribution is 2.25. The lowest BCUT2D eigenvalue weighted by molar-refractivity contribution is 0.0950. The summed E-state index contributed by atoms with van der Waals surface area (Å²) < 4.78 is 35.7. The van der Waals surface area contributed by atoms with E-state index < -0.39 is 9.84 Å². The topological polar surface area (TPSA) is 107 Å². The molecule has 1 N–H and O–H groups in total. The van der Waals surface area contributed by atoms with Gasteiger partial charge in [0, 0.05) is 22.7 Å². The summed E-state index contributed by atoms with van der Waals surface area (Å²) in [5.74, 6) is 0.269. The molecule has 5 rings (SSSR count). The van der Waals surface area contributed by atoms with Crippen molar-refractivity contribution >= 4 is 26.6 Å². The second kappa shape index (κ2) is 9.44. The zero-order valence-corrected chi connectivity index (χ0v) is 19.8. The molecule has 0 atom stereocenters.